The molecule has 2 aromatic carbocycles. The topological polar surface area (TPSA) is 0 Å². The predicted octanol–water partition coefficient (Wildman–Crippen LogP) is 5.74. The molecule has 4 aliphatic rings. The Hall–Kier alpha value is -1.56. The quantitative estimate of drug-likeness (QED) is 0.626. The van der Waals surface area contributed by atoms with E-state index in [-0.39, 0.29) is 0 Å². The molecule has 0 aliphatic heterocycles. The van der Waals surface area contributed by atoms with Gasteiger partial charge in [-0.25, -0.2) is 0 Å². The van der Waals surface area contributed by atoms with Gasteiger partial charge in [0.2, 0.25) is 0 Å². The van der Waals surface area contributed by atoms with Crippen molar-refractivity contribution >= 4 is 0 Å². The number of hydrogen-bond acceptors (Lipinski definition) is 0. The van der Waals surface area contributed by atoms with Crippen molar-refractivity contribution in [1.82, 2.24) is 0 Å². The maximum Gasteiger partial charge on any atom is -0.0151 e. The van der Waals surface area contributed by atoms with Gasteiger partial charge >= 0.3 is 0 Å². The molecule has 4 aliphatic carbocycles. The van der Waals surface area contributed by atoms with Crippen molar-refractivity contribution in [2.24, 2.45) is 17.3 Å². The van der Waals surface area contributed by atoms with Gasteiger partial charge in [-0.15, -0.1) is 0 Å². The summed E-state index contributed by atoms with van der Waals surface area (Å²) in [6.07, 6.45) is 7.53. The second-order valence-corrected chi connectivity index (χ2v) is 8.35. The Morgan fingerprint density at radius 2 is 1.41 bits per heavy atom. The van der Waals surface area contributed by atoms with E-state index in [0.29, 0.717) is 0 Å². The van der Waals surface area contributed by atoms with Crippen LogP contribution in [0.25, 0.3) is 11.1 Å². The van der Waals surface area contributed by atoms with E-state index < -0.39 is 0 Å². The molecule has 1 spiro atoms. The Morgan fingerprint density at radius 1 is 0.682 bits per heavy atom. The van der Waals surface area contributed by atoms with Gasteiger partial charge in [0.15, 0.2) is 0 Å². The van der Waals surface area contributed by atoms with Crippen molar-refractivity contribution in [2.45, 2.75) is 43.9 Å². The molecular formula is C22H22. The summed E-state index contributed by atoms with van der Waals surface area (Å²) in [6, 6.07) is 18.3. The molecule has 0 nitrogen and oxygen atoms in total. The first-order valence-electron chi connectivity index (χ1n) is 9.03. The average molecular weight is 286 g/mol. The Bertz CT molecular complexity index is 759. The molecular weight excluding hydrogens is 264 g/mol. The first-order valence-corrected chi connectivity index (χ1v) is 9.03. The van der Waals surface area contributed by atoms with E-state index in [2.05, 4.69) is 48.5 Å². The lowest BCUT2D eigenvalue weighted by Crippen LogP contribution is -2.41. The van der Waals surface area contributed by atoms with Crippen LogP contribution in [0, 0.1) is 17.3 Å². The summed E-state index contributed by atoms with van der Waals surface area (Å²) in [5.74, 6) is 3.88. The molecule has 0 heterocycles. The molecule has 0 radical (unpaired) electrons. The molecule has 5 atom stereocenters. The highest BCUT2D eigenvalue weighted by atomic mass is 14.7. The number of hydrogen-bond donors (Lipinski definition) is 0. The summed E-state index contributed by atoms with van der Waals surface area (Å²) in [6.45, 7) is 0. The highest BCUT2D eigenvalue weighted by molar-refractivity contribution is 5.65. The Labute approximate surface area is 132 Å². The minimum atomic E-state index is 0.779. The molecule has 0 N–H and O–H groups in total. The monoisotopic (exact) mass is 286 g/mol. The van der Waals surface area contributed by atoms with E-state index in [0.717, 1.165) is 29.1 Å². The van der Waals surface area contributed by atoms with Crippen LogP contribution in [-0.2, 0) is 0 Å². The van der Waals surface area contributed by atoms with Crippen LogP contribution < -0.4 is 0 Å². The van der Waals surface area contributed by atoms with Gasteiger partial charge in [-0.1, -0.05) is 48.5 Å². The van der Waals surface area contributed by atoms with Crippen LogP contribution in [-0.4, -0.2) is 0 Å². The maximum absolute atomic E-state index is 2.55. The third kappa shape index (κ3) is 1.31. The molecule has 0 heteroatoms. The molecule has 22 heavy (non-hydrogen) atoms. The van der Waals surface area contributed by atoms with Crippen LogP contribution in [0.2, 0.25) is 0 Å². The van der Waals surface area contributed by atoms with E-state index in [1.807, 2.05) is 0 Å². The third-order valence-electron chi connectivity index (χ3n) is 7.66. The lowest BCUT2D eigenvalue weighted by atomic mass is 9.56. The molecule has 3 saturated carbocycles. The largest absolute Gasteiger partial charge is 0.0622 e. The fourth-order valence-electron chi connectivity index (χ4n) is 6.75. The highest BCUT2D eigenvalue weighted by Crippen LogP contribution is 2.75. The summed E-state index contributed by atoms with van der Waals surface area (Å²) in [5, 5.41) is 0. The fourth-order valence-corrected chi connectivity index (χ4v) is 6.75. The van der Waals surface area contributed by atoms with Crippen LogP contribution in [0.3, 0.4) is 0 Å². The molecule has 0 aromatic heterocycles. The number of rotatable bonds is 1. The molecule has 110 valence electrons. The van der Waals surface area contributed by atoms with E-state index in [4.69, 9.17) is 0 Å². The Kier molecular flexibility index (Phi) is 2.09. The zero-order valence-electron chi connectivity index (χ0n) is 13.0. The molecule has 3 fully saturated rings. The number of benzene rings is 2. The van der Waals surface area contributed by atoms with E-state index >= 15 is 0 Å². The van der Waals surface area contributed by atoms with Crippen LogP contribution in [0.5, 0.6) is 0 Å². The van der Waals surface area contributed by atoms with Crippen molar-refractivity contribution in [3.63, 3.8) is 0 Å². The smallest absolute Gasteiger partial charge is 0.0151 e. The summed E-state index contributed by atoms with van der Waals surface area (Å²) in [7, 11) is 0. The maximum atomic E-state index is 2.55. The van der Waals surface area contributed by atoms with Gasteiger partial charge in [-0.2, -0.15) is 0 Å². The van der Waals surface area contributed by atoms with Crippen molar-refractivity contribution in [3.05, 3.63) is 59.7 Å². The third-order valence-corrected chi connectivity index (χ3v) is 7.66. The standard InChI is InChI=1S/C22H22/c1-2-4-14(5-3-1)15-6-7-20-16-8-18-11-19-9-17(21(20)10-15)13-22(18,19)12-16/h1-7,10,16-19H,8-9,11-13H2. The van der Waals surface area contributed by atoms with Gasteiger partial charge in [0.05, 0.1) is 0 Å². The summed E-state index contributed by atoms with van der Waals surface area (Å²) in [5.41, 5.74) is 7.01. The van der Waals surface area contributed by atoms with Crippen molar-refractivity contribution in [2.75, 3.05) is 0 Å². The molecule has 2 aromatic rings. The normalized spacial score (nSPS) is 40.0. The highest BCUT2D eigenvalue weighted by Gasteiger charge is 2.65. The van der Waals surface area contributed by atoms with Crippen molar-refractivity contribution < 1.29 is 0 Å². The lowest BCUT2D eigenvalue weighted by molar-refractivity contribution is 0.00322. The minimum absolute atomic E-state index is 0.779. The average Bonchev–Trinajstić information content (AvgIpc) is 2.98. The van der Waals surface area contributed by atoms with E-state index in [1.165, 1.54) is 36.8 Å². The second-order valence-electron chi connectivity index (χ2n) is 8.35. The predicted molar refractivity (Wildman–Crippen MR) is 89.9 cm³/mol. The molecule has 3 bridgehead atoms. The summed E-state index contributed by atoms with van der Waals surface area (Å²) >= 11 is 0. The zero-order chi connectivity index (χ0) is 14.3. The molecule has 0 amide bonds. The van der Waals surface area contributed by atoms with Crippen LogP contribution in [0.15, 0.2) is 48.5 Å². The molecule has 0 saturated heterocycles. The summed E-state index contributed by atoms with van der Waals surface area (Å²) < 4.78 is 0. The van der Waals surface area contributed by atoms with Crippen LogP contribution in [0.1, 0.15) is 55.1 Å². The van der Waals surface area contributed by atoms with Gasteiger partial charge in [0.1, 0.15) is 0 Å². The van der Waals surface area contributed by atoms with Gasteiger partial charge in [0, 0.05) is 0 Å². The lowest BCUT2D eigenvalue weighted by Gasteiger charge is -2.48. The second kappa shape index (κ2) is 3.85. The fraction of sp³-hybridized carbons (Fsp3) is 0.455. The van der Waals surface area contributed by atoms with Crippen LogP contribution in [0.4, 0.5) is 0 Å². The van der Waals surface area contributed by atoms with Crippen molar-refractivity contribution in [1.29, 1.82) is 0 Å². The van der Waals surface area contributed by atoms with Gasteiger partial charge in [0.25, 0.3) is 0 Å². The molecule has 5 unspecified atom stereocenters. The molecule has 6 rings (SSSR count). The first kappa shape index (κ1) is 11.9. The van der Waals surface area contributed by atoms with E-state index in [9.17, 15) is 0 Å². The van der Waals surface area contributed by atoms with Crippen molar-refractivity contribution in [3.8, 4) is 11.1 Å². The number of fused-ring (bicyclic) bond motifs is 5. The first-order chi connectivity index (χ1) is 10.8. The zero-order valence-corrected chi connectivity index (χ0v) is 13.0. The Morgan fingerprint density at radius 3 is 2.18 bits per heavy atom. The van der Waals surface area contributed by atoms with Crippen LogP contribution >= 0.6 is 0 Å². The van der Waals surface area contributed by atoms with E-state index in [1.54, 1.807) is 17.5 Å². The Balaban J connectivity index is 1.52. The summed E-state index contributed by atoms with van der Waals surface area (Å²) in [4.78, 5) is 0. The van der Waals surface area contributed by atoms with Gasteiger partial charge in [-0.05, 0) is 83.4 Å². The SMILES string of the molecule is c1ccc(-c2ccc3c(c2)C2CC4CC5CC3CC54C2)cc1. The van der Waals surface area contributed by atoms with Gasteiger partial charge in [-0.3, -0.25) is 0 Å². The van der Waals surface area contributed by atoms with Gasteiger partial charge < -0.3 is 0 Å². The minimum Gasteiger partial charge on any atom is -0.0622 e.